The molecule has 1 aliphatic heterocycles. The highest BCUT2D eigenvalue weighted by Gasteiger charge is 2.22. The lowest BCUT2D eigenvalue weighted by molar-refractivity contribution is -0.385. The molecule has 4 rings (SSSR count). The number of nitrogens with one attached hydrogen (secondary N) is 1. The second-order valence-electron chi connectivity index (χ2n) is 7.11. The van der Waals surface area contributed by atoms with Crippen molar-refractivity contribution in [3.63, 3.8) is 0 Å². The summed E-state index contributed by atoms with van der Waals surface area (Å²) >= 11 is 11.1. The smallest absolute Gasteiger partial charge is 0.282 e. The monoisotopic (exact) mass is 523 g/mol. The van der Waals surface area contributed by atoms with Gasteiger partial charge in [0.15, 0.2) is 5.13 Å². The predicted octanol–water partition coefficient (Wildman–Crippen LogP) is 4.17. The Hall–Kier alpha value is -2.27. The number of carbonyl (C=O) groups is 1. The van der Waals surface area contributed by atoms with Gasteiger partial charge in [0.2, 0.25) is 0 Å². The number of aromatic nitrogens is 1. The first-order chi connectivity index (χ1) is 14.9. The number of anilines is 1. The second-order valence-corrected chi connectivity index (χ2v) is 9.47. The normalized spacial score (nSPS) is 14.7. The van der Waals surface area contributed by atoms with Crippen LogP contribution >= 0.6 is 38.9 Å². The number of nitro groups is 1. The second kappa shape index (κ2) is 9.47. The highest BCUT2D eigenvalue weighted by Crippen LogP contribution is 2.31. The lowest BCUT2D eigenvalue weighted by Gasteiger charge is -2.34. The fourth-order valence-electron chi connectivity index (χ4n) is 3.46. The number of amides is 1. The van der Waals surface area contributed by atoms with Gasteiger partial charge in [-0.15, -0.1) is 0 Å². The van der Waals surface area contributed by atoms with E-state index >= 15 is 0 Å². The minimum atomic E-state index is -0.578. The van der Waals surface area contributed by atoms with Crippen LogP contribution in [0.1, 0.15) is 10.4 Å². The maximum atomic E-state index is 12.4. The summed E-state index contributed by atoms with van der Waals surface area (Å²) < 4.78 is 2.20. The van der Waals surface area contributed by atoms with Crippen molar-refractivity contribution in [3.8, 4) is 0 Å². The highest BCUT2D eigenvalue weighted by molar-refractivity contribution is 9.10. The molecule has 2 aromatic carbocycles. The Bertz CT molecular complexity index is 1130. The van der Waals surface area contributed by atoms with Crippen LogP contribution in [0.4, 0.5) is 10.8 Å². The van der Waals surface area contributed by atoms with E-state index < -0.39 is 10.8 Å². The largest absolute Gasteiger partial charge is 0.351 e. The summed E-state index contributed by atoms with van der Waals surface area (Å²) in [6.07, 6.45) is 0. The van der Waals surface area contributed by atoms with Gasteiger partial charge in [-0.2, -0.15) is 0 Å². The molecule has 1 aliphatic rings. The van der Waals surface area contributed by atoms with Crippen LogP contribution in [-0.2, 0) is 0 Å². The first kappa shape index (κ1) is 21.9. The third kappa shape index (κ3) is 5.15. The number of fused-ring (bicyclic) bond motifs is 1. The molecule has 0 spiro atoms. The van der Waals surface area contributed by atoms with Crippen molar-refractivity contribution in [2.75, 3.05) is 44.2 Å². The number of hydrogen-bond acceptors (Lipinski definition) is 7. The molecule has 0 aliphatic carbocycles. The van der Waals surface area contributed by atoms with Crippen LogP contribution in [0.5, 0.6) is 0 Å². The Labute approximate surface area is 196 Å². The van der Waals surface area contributed by atoms with Crippen LogP contribution in [0.3, 0.4) is 0 Å². The SMILES string of the molecule is O=C(NCCN1CCN(c2nc3ccc(Br)cc3s2)CC1)c1cc(Cl)ccc1[N+](=O)[O-]. The summed E-state index contributed by atoms with van der Waals surface area (Å²) in [5.74, 6) is -0.492. The third-order valence-electron chi connectivity index (χ3n) is 5.10. The van der Waals surface area contributed by atoms with Gasteiger partial charge >= 0.3 is 0 Å². The van der Waals surface area contributed by atoms with Gasteiger partial charge in [0.05, 0.1) is 15.1 Å². The highest BCUT2D eigenvalue weighted by atomic mass is 79.9. The molecule has 162 valence electrons. The van der Waals surface area contributed by atoms with Crippen molar-refractivity contribution in [2.24, 2.45) is 0 Å². The van der Waals surface area contributed by atoms with Crippen molar-refractivity contribution >= 4 is 65.8 Å². The number of thiazole rings is 1. The van der Waals surface area contributed by atoms with E-state index in [2.05, 4.69) is 37.1 Å². The maximum Gasteiger partial charge on any atom is 0.282 e. The van der Waals surface area contributed by atoms with E-state index in [4.69, 9.17) is 16.6 Å². The molecule has 1 amide bonds. The quantitative estimate of drug-likeness (QED) is 0.384. The minimum Gasteiger partial charge on any atom is -0.351 e. The van der Waals surface area contributed by atoms with E-state index in [1.807, 2.05) is 12.1 Å². The fourth-order valence-corrected chi connectivity index (χ4v) is 5.20. The first-order valence-electron chi connectivity index (χ1n) is 9.66. The Morgan fingerprint density at radius 3 is 2.74 bits per heavy atom. The van der Waals surface area contributed by atoms with Gasteiger partial charge < -0.3 is 10.2 Å². The molecule has 1 aromatic heterocycles. The summed E-state index contributed by atoms with van der Waals surface area (Å²) in [7, 11) is 0. The number of hydrogen-bond donors (Lipinski definition) is 1. The molecule has 1 fully saturated rings. The van der Waals surface area contributed by atoms with Gasteiger partial charge in [0, 0.05) is 54.8 Å². The van der Waals surface area contributed by atoms with E-state index in [-0.39, 0.29) is 16.3 Å². The predicted molar refractivity (Wildman–Crippen MR) is 126 cm³/mol. The van der Waals surface area contributed by atoms with Crippen molar-refractivity contribution in [2.45, 2.75) is 0 Å². The van der Waals surface area contributed by atoms with Gasteiger partial charge in [-0.05, 0) is 30.3 Å². The summed E-state index contributed by atoms with van der Waals surface area (Å²) in [5.41, 5.74) is 0.728. The Kier molecular flexibility index (Phi) is 6.71. The molecule has 0 bridgehead atoms. The molecular weight excluding hydrogens is 506 g/mol. The molecule has 11 heteroatoms. The number of halogens is 2. The molecule has 2 heterocycles. The Balaban J connectivity index is 1.28. The van der Waals surface area contributed by atoms with Crippen molar-refractivity contribution in [1.29, 1.82) is 0 Å². The lowest BCUT2D eigenvalue weighted by Crippen LogP contribution is -2.48. The van der Waals surface area contributed by atoms with Gasteiger partial charge in [0.25, 0.3) is 11.6 Å². The Morgan fingerprint density at radius 1 is 1.23 bits per heavy atom. The van der Waals surface area contributed by atoms with Gasteiger partial charge in [-0.3, -0.25) is 19.8 Å². The zero-order chi connectivity index (χ0) is 22.0. The third-order valence-corrected chi connectivity index (χ3v) is 6.90. The van der Waals surface area contributed by atoms with Gasteiger partial charge in [0.1, 0.15) is 5.56 Å². The Morgan fingerprint density at radius 2 is 2.00 bits per heavy atom. The molecule has 0 atom stereocenters. The number of rotatable bonds is 6. The zero-order valence-electron chi connectivity index (χ0n) is 16.4. The molecule has 1 saturated heterocycles. The van der Waals surface area contributed by atoms with E-state index in [1.54, 1.807) is 11.3 Å². The van der Waals surface area contributed by atoms with E-state index in [0.29, 0.717) is 13.1 Å². The van der Waals surface area contributed by atoms with Crippen LogP contribution in [0, 0.1) is 10.1 Å². The van der Waals surface area contributed by atoms with Crippen molar-refractivity contribution in [3.05, 3.63) is 61.6 Å². The van der Waals surface area contributed by atoms with E-state index in [1.165, 1.54) is 18.2 Å². The zero-order valence-corrected chi connectivity index (χ0v) is 19.5. The van der Waals surface area contributed by atoms with Gasteiger partial charge in [-0.25, -0.2) is 4.98 Å². The molecule has 31 heavy (non-hydrogen) atoms. The summed E-state index contributed by atoms with van der Waals surface area (Å²) in [5, 5.41) is 15.2. The summed E-state index contributed by atoms with van der Waals surface area (Å²) in [6, 6.07) is 10.1. The van der Waals surface area contributed by atoms with Crippen molar-refractivity contribution in [1.82, 2.24) is 15.2 Å². The van der Waals surface area contributed by atoms with E-state index in [9.17, 15) is 14.9 Å². The molecule has 3 aromatic rings. The lowest BCUT2D eigenvalue weighted by atomic mass is 10.1. The summed E-state index contributed by atoms with van der Waals surface area (Å²) in [6.45, 7) is 4.49. The standard InChI is InChI=1S/C20H19BrClN5O3S/c21-13-1-3-16-18(11-13)31-20(24-16)26-9-7-25(8-10-26)6-5-23-19(28)15-12-14(22)2-4-17(15)27(29)30/h1-4,11-12H,5-10H2,(H,23,28). The average molecular weight is 525 g/mol. The molecule has 8 nitrogen and oxygen atoms in total. The average Bonchev–Trinajstić information content (AvgIpc) is 3.17. The number of nitrogens with zero attached hydrogens (tertiary/aromatic N) is 4. The molecule has 0 radical (unpaired) electrons. The van der Waals surface area contributed by atoms with E-state index in [0.717, 1.165) is 46.0 Å². The van der Waals surface area contributed by atoms with Crippen LogP contribution in [0.2, 0.25) is 5.02 Å². The molecule has 0 unspecified atom stereocenters. The molecule has 0 saturated carbocycles. The van der Waals surface area contributed by atoms with Gasteiger partial charge in [-0.1, -0.05) is 38.9 Å². The van der Waals surface area contributed by atoms with Crippen LogP contribution in [-0.4, -0.2) is 60.0 Å². The van der Waals surface area contributed by atoms with Crippen LogP contribution < -0.4 is 10.2 Å². The summed E-state index contributed by atoms with van der Waals surface area (Å²) in [4.78, 5) is 32.2. The number of benzene rings is 2. The first-order valence-corrected chi connectivity index (χ1v) is 11.6. The van der Waals surface area contributed by atoms with Crippen LogP contribution in [0.15, 0.2) is 40.9 Å². The number of piperazine rings is 1. The van der Waals surface area contributed by atoms with Crippen molar-refractivity contribution < 1.29 is 9.72 Å². The molecular formula is C20H19BrClN5O3S. The number of nitro benzene ring substituents is 1. The van der Waals surface area contributed by atoms with Crippen LogP contribution in [0.25, 0.3) is 10.2 Å². The number of carbonyl (C=O) groups excluding carboxylic acids is 1. The fraction of sp³-hybridized carbons (Fsp3) is 0.300. The maximum absolute atomic E-state index is 12.4. The minimum absolute atomic E-state index is 0.0233. The topological polar surface area (TPSA) is 91.6 Å². The molecule has 1 N–H and O–H groups in total.